The van der Waals surface area contributed by atoms with Gasteiger partial charge in [0.2, 0.25) is 0 Å². The van der Waals surface area contributed by atoms with Crippen LogP contribution in [0.1, 0.15) is 23.3 Å². The number of aromatic nitrogens is 2. The summed E-state index contributed by atoms with van der Waals surface area (Å²) < 4.78 is 33.7. The molecular formula is C18H22F2N4O4S. The summed E-state index contributed by atoms with van der Waals surface area (Å²) in [5.74, 6) is 0. The highest BCUT2D eigenvalue weighted by Gasteiger charge is 2.27. The molecule has 0 bridgehead atoms. The lowest BCUT2D eigenvalue weighted by molar-refractivity contribution is 0.0952. The van der Waals surface area contributed by atoms with Gasteiger partial charge in [-0.2, -0.15) is 0 Å². The molecule has 0 aromatic carbocycles. The van der Waals surface area contributed by atoms with Gasteiger partial charge < -0.3 is 15.0 Å². The van der Waals surface area contributed by atoms with E-state index in [2.05, 4.69) is 5.32 Å². The van der Waals surface area contributed by atoms with Crippen molar-refractivity contribution in [3.63, 3.8) is 0 Å². The second-order valence-corrected chi connectivity index (χ2v) is 8.40. The van der Waals surface area contributed by atoms with Gasteiger partial charge in [0.05, 0.1) is 31.1 Å². The summed E-state index contributed by atoms with van der Waals surface area (Å²) in [6, 6.07) is -0.186. The van der Waals surface area contributed by atoms with E-state index in [1.54, 1.807) is 11.8 Å². The predicted molar refractivity (Wildman–Crippen MR) is 104 cm³/mol. The molecule has 0 radical (unpaired) electrons. The van der Waals surface area contributed by atoms with Crippen molar-refractivity contribution in [3.8, 4) is 0 Å². The topological polar surface area (TPSA) is 85.6 Å². The average molecular weight is 428 g/mol. The SMILES string of the molecule is Cc1c(CN2CCNC2=O)sc2c1c(=O)n(CC(F)F)c(=O)n2CC1CCCO1. The molecule has 2 amide bonds. The van der Waals surface area contributed by atoms with Gasteiger partial charge in [0.1, 0.15) is 4.83 Å². The molecule has 2 aliphatic rings. The number of hydrogen-bond donors (Lipinski definition) is 1. The summed E-state index contributed by atoms with van der Waals surface area (Å²) in [5, 5.41) is 2.99. The van der Waals surface area contributed by atoms with Crippen LogP contribution in [0.25, 0.3) is 10.2 Å². The van der Waals surface area contributed by atoms with Crippen LogP contribution in [0.4, 0.5) is 13.6 Å². The number of urea groups is 1. The van der Waals surface area contributed by atoms with Crippen molar-refractivity contribution in [1.29, 1.82) is 0 Å². The largest absolute Gasteiger partial charge is 0.376 e. The summed E-state index contributed by atoms with van der Waals surface area (Å²) in [5.41, 5.74) is -0.830. The first-order valence-electron chi connectivity index (χ1n) is 9.55. The summed E-state index contributed by atoms with van der Waals surface area (Å²) in [6.45, 7) is 2.99. The lowest BCUT2D eigenvalue weighted by atomic mass is 10.2. The van der Waals surface area contributed by atoms with Gasteiger partial charge in [-0.1, -0.05) is 0 Å². The molecule has 2 aromatic heterocycles. The summed E-state index contributed by atoms with van der Waals surface area (Å²) in [6.07, 6.45) is -1.37. The molecule has 0 aliphatic carbocycles. The molecule has 2 aliphatic heterocycles. The zero-order valence-corrected chi connectivity index (χ0v) is 16.8. The van der Waals surface area contributed by atoms with Crippen molar-refractivity contribution in [3.05, 3.63) is 31.3 Å². The minimum absolute atomic E-state index is 0.186. The van der Waals surface area contributed by atoms with Crippen LogP contribution in [0.5, 0.6) is 0 Å². The highest BCUT2D eigenvalue weighted by atomic mass is 32.1. The Hall–Kier alpha value is -2.27. The van der Waals surface area contributed by atoms with E-state index >= 15 is 0 Å². The standard InChI is InChI=1S/C18H22F2N4O4S/c1-10-12(8-22-5-4-21-17(22)26)29-16-14(10)15(25)23(9-13(19)20)18(27)24(16)7-11-3-2-6-28-11/h11,13H,2-9H2,1H3,(H,21,26). The molecule has 2 aromatic rings. The van der Waals surface area contributed by atoms with E-state index in [1.165, 1.54) is 15.9 Å². The number of ether oxygens (including phenoxy) is 1. The number of hydrogen-bond acceptors (Lipinski definition) is 5. The maximum Gasteiger partial charge on any atom is 0.332 e. The molecule has 4 rings (SSSR count). The first kappa shape index (κ1) is 20.0. The van der Waals surface area contributed by atoms with Crippen molar-refractivity contribution in [2.45, 2.75) is 51.9 Å². The summed E-state index contributed by atoms with van der Waals surface area (Å²) in [7, 11) is 0. The highest BCUT2D eigenvalue weighted by Crippen LogP contribution is 2.30. The maximum absolute atomic E-state index is 13.1. The van der Waals surface area contributed by atoms with Crippen LogP contribution < -0.4 is 16.6 Å². The van der Waals surface area contributed by atoms with E-state index in [-0.39, 0.29) is 24.1 Å². The van der Waals surface area contributed by atoms with E-state index in [4.69, 9.17) is 4.74 Å². The van der Waals surface area contributed by atoms with Crippen molar-refractivity contribution >= 4 is 27.6 Å². The molecule has 1 atom stereocenters. The second-order valence-electron chi connectivity index (χ2n) is 7.32. The monoisotopic (exact) mass is 428 g/mol. The fraction of sp³-hybridized carbons (Fsp3) is 0.611. The Morgan fingerprint density at radius 1 is 1.28 bits per heavy atom. The molecule has 4 heterocycles. The molecule has 0 saturated carbocycles. The van der Waals surface area contributed by atoms with Gasteiger partial charge in [-0.05, 0) is 25.3 Å². The molecule has 29 heavy (non-hydrogen) atoms. The normalized spacial score (nSPS) is 19.7. The molecule has 1 unspecified atom stereocenters. The Bertz CT molecular complexity index is 1050. The third-order valence-electron chi connectivity index (χ3n) is 5.40. The van der Waals surface area contributed by atoms with Crippen LogP contribution in [0.3, 0.4) is 0 Å². The van der Waals surface area contributed by atoms with Crippen LogP contribution in [-0.2, 0) is 24.4 Å². The number of carbonyl (C=O) groups is 1. The van der Waals surface area contributed by atoms with Crippen molar-refractivity contribution in [2.24, 2.45) is 0 Å². The molecule has 1 N–H and O–H groups in total. The van der Waals surface area contributed by atoms with E-state index in [1.807, 2.05) is 0 Å². The van der Waals surface area contributed by atoms with Gasteiger partial charge in [-0.25, -0.2) is 18.4 Å². The summed E-state index contributed by atoms with van der Waals surface area (Å²) >= 11 is 1.26. The number of halogens is 2. The molecule has 2 saturated heterocycles. The quantitative estimate of drug-likeness (QED) is 0.756. The molecule has 158 valence electrons. The summed E-state index contributed by atoms with van der Waals surface area (Å²) in [4.78, 5) is 40.6. The molecule has 0 spiro atoms. The van der Waals surface area contributed by atoms with Gasteiger partial charge in [-0.3, -0.25) is 13.9 Å². The van der Waals surface area contributed by atoms with Crippen LogP contribution in [0, 0.1) is 6.92 Å². The van der Waals surface area contributed by atoms with Gasteiger partial charge >= 0.3 is 11.7 Å². The number of amides is 2. The lowest BCUT2D eigenvalue weighted by Crippen LogP contribution is -2.42. The Morgan fingerprint density at radius 2 is 2.07 bits per heavy atom. The van der Waals surface area contributed by atoms with Gasteiger partial charge in [0.25, 0.3) is 12.0 Å². The first-order valence-corrected chi connectivity index (χ1v) is 10.4. The fourth-order valence-corrected chi connectivity index (χ4v) is 5.19. The number of thiophene rings is 1. The minimum atomic E-state index is -2.82. The van der Waals surface area contributed by atoms with Crippen molar-refractivity contribution in [2.75, 3.05) is 19.7 Å². The minimum Gasteiger partial charge on any atom is -0.376 e. The Kier molecular flexibility index (Phi) is 5.43. The third-order valence-corrected chi connectivity index (χ3v) is 6.70. The number of alkyl halides is 2. The number of carbonyl (C=O) groups excluding carboxylic acids is 1. The molecule has 11 heteroatoms. The van der Waals surface area contributed by atoms with E-state index in [9.17, 15) is 23.2 Å². The number of nitrogens with one attached hydrogen (secondary N) is 1. The van der Waals surface area contributed by atoms with Gasteiger partial charge in [-0.15, -0.1) is 11.3 Å². The van der Waals surface area contributed by atoms with E-state index in [0.29, 0.717) is 41.2 Å². The Balaban J connectivity index is 1.85. The van der Waals surface area contributed by atoms with Crippen LogP contribution >= 0.6 is 11.3 Å². The zero-order chi connectivity index (χ0) is 20.7. The maximum atomic E-state index is 13.1. The zero-order valence-electron chi connectivity index (χ0n) is 16.0. The molecular weight excluding hydrogens is 406 g/mol. The smallest absolute Gasteiger partial charge is 0.332 e. The van der Waals surface area contributed by atoms with Crippen molar-refractivity contribution < 1.29 is 18.3 Å². The number of rotatable bonds is 6. The number of nitrogens with zero attached hydrogens (tertiary/aromatic N) is 3. The predicted octanol–water partition coefficient (Wildman–Crippen LogP) is 1.50. The average Bonchev–Trinajstić information content (AvgIpc) is 3.39. The molecule has 2 fully saturated rings. The van der Waals surface area contributed by atoms with E-state index < -0.39 is 24.2 Å². The van der Waals surface area contributed by atoms with Gasteiger partial charge in [0, 0.05) is 24.6 Å². The van der Waals surface area contributed by atoms with Gasteiger partial charge in [0.15, 0.2) is 0 Å². The number of fused-ring (bicyclic) bond motifs is 1. The molecule has 8 nitrogen and oxygen atoms in total. The Labute approximate surface area is 168 Å². The van der Waals surface area contributed by atoms with Crippen LogP contribution in [-0.4, -0.2) is 52.3 Å². The fourth-order valence-electron chi connectivity index (χ4n) is 3.88. The first-order chi connectivity index (χ1) is 13.9. The van der Waals surface area contributed by atoms with Crippen LogP contribution in [0.2, 0.25) is 0 Å². The Morgan fingerprint density at radius 3 is 2.69 bits per heavy atom. The van der Waals surface area contributed by atoms with Crippen LogP contribution in [0.15, 0.2) is 9.59 Å². The number of aryl methyl sites for hydroxylation is 1. The highest BCUT2D eigenvalue weighted by molar-refractivity contribution is 7.18. The second kappa shape index (κ2) is 7.86. The van der Waals surface area contributed by atoms with E-state index in [0.717, 1.165) is 17.7 Å². The third kappa shape index (κ3) is 3.68. The van der Waals surface area contributed by atoms with Crippen molar-refractivity contribution in [1.82, 2.24) is 19.4 Å². The lowest BCUT2D eigenvalue weighted by Gasteiger charge is -2.15.